The molecule has 0 bridgehead atoms. The van der Waals surface area contributed by atoms with E-state index < -0.39 is 0 Å². The maximum Gasteiger partial charge on any atom is 0.0444 e. The quantitative estimate of drug-likeness (QED) is 0.834. The summed E-state index contributed by atoms with van der Waals surface area (Å²) in [6.07, 6.45) is 2.69. The molecule has 1 fully saturated rings. The molecule has 2 nitrogen and oxygen atoms in total. The van der Waals surface area contributed by atoms with Crippen molar-refractivity contribution in [3.05, 3.63) is 35.4 Å². The molecular formula is C16H26N2. The van der Waals surface area contributed by atoms with Gasteiger partial charge in [0.25, 0.3) is 0 Å². The molecule has 100 valence electrons. The highest BCUT2D eigenvalue weighted by molar-refractivity contribution is 5.29. The second kappa shape index (κ2) is 5.41. The highest BCUT2D eigenvalue weighted by Gasteiger charge is 2.22. The standard InChI is InChI=1S/C16H26N2/c1-16(2,3)13-7-5-12(6-8-13)15(17-4)11-18-14-9-10-14/h5-8,14-15,17-18H,9-11H2,1-4H3. The van der Waals surface area contributed by atoms with Crippen LogP contribution in [0.25, 0.3) is 0 Å². The Kier molecular flexibility index (Phi) is 4.08. The third-order valence-corrected chi connectivity index (χ3v) is 3.72. The van der Waals surface area contributed by atoms with Crippen LogP contribution in [0, 0.1) is 0 Å². The zero-order valence-electron chi connectivity index (χ0n) is 12.1. The van der Waals surface area contributed by atoms with Gasteiger partial charge in [-0.15, -0.1) is 0 Å². The van der Waals surface area contributed by atoms with Crippen LogP contribution in [-0.4, -0.2) is 19.6 Å². The Hall–Kier alpha value is -0.860. The van der Waals surface area contributed by atoms with Gasteiger partial charge in [0, 0.05) is 18.6 Å². The van der Waals surface area contributed by atoms with E-state index in [-0.39, 0.29) is 5.41 Å². The summed E-state index contributed by atoms with van der Waals surface area (Å²) in [5, 5.41) is 6.99. The number of likely N-dealkylation sites (N-methyl/N-ethyl adjacent to an activating group) is 1. The van der Waals surface area contributed by atoms with Crippen LogP contribution in [0.5, 0.6) is 0 Å². The van der Waals surface area contributed by atoms with Gasteiger partial charge in [0.1, 0.15) is 0 Å². The fourth-order valence-corrected chi connectivity index (χ4v) is 2.17. The van der Waals surface area contributed by atoms with Gasteiger partial charge in [0.2, 0.25) is 0 Å². The minimum absolute atomic E-state index is 0.236. The van der Waals surface area contributed by atoms with Gasteiger partial charge in [-0.05, 0) is 36.4 Å². The molecule has 0 radical (unpaired) electrons. The average molecular weight is 246 g/mol. The second-order valence-electron chi connectivity index (χ2n) is 6.40. The van der Waals surface area contributed by atoms with E-state index in [9.17, 15) is 0 Å². The Balaban J connectivity index is 2.01. The number of hydrogen-bond donors (Lipinski definition) is 2. The lowest BCUT2D eigenvalue weighted by Gasteiger charge is -2.21. The third-order valence-electron chi connectivity index (χ3n) is 3.72. The minimum Gasteiger partial charge on any atom is -0.312 e. The van der Waals surface area contributed by atoms with Gasteiger partial charge in [-0.25, -0.2) is 0 Å². The van der Waals surface area contributed by atoms with Crippen molar-refractivity contribution >= 4 is 0 Å². The van der Waals surface area contributed by atoms with Crippen LogP contribution in [0.3, 0.4) is 0 Å². The van der Waals surface area contributed by atoms with Gasteiger partial charge in [0.15, 0.2) is 0 Å². The lowest BCUT2D eigenvalue weighted by atomic mass is 9.86. The predicted octanol–water partition coefficient (Wildman–Crippen LogP) is 3.00. The van der Waals surface area contributed by atoms with Crippen molar-refractivity contribution in [1.29, 1.82) is 0 Å². The first-order valence-corrected chi connectivity index (χ1v) is 7.02. The van der Waals surface area contributed by atoms with Crippen LogP contribution in [0.4, 0.5) is 0 Å². The molecule has 2 heteroatoms. The Bertz CT molecular complexity index is 371. The molecule has 1 atom stereocenters. The van der Waals surface area contributed by atoms with Crippen LogP contribution in [-0.2, 0) is 5.41 Å². The molecule has 0 heterocycles. The van der Waals surface area contributed by atoms with Crippen molar-refractivity contribution in [3.63, 3.8) is 0 Å². The van der Waals surface area contributed by atoms with Gasteiger partial charge < -0.3 is 10.6 Å². The van der Waals surface area contributed by atoms with Crippen LogP contribution >= 0.6 is 0 Å². The summed E-state index contributed by atoms with van der Waals surface area (Å²) in [5.74, 6) is 0. The van der Waals surface area contributed by atoms with Crippen LogP contribution in [0.2, 0.25) is 0 Å². The SMILES string of the molecule is CNC(CNC1CC1)c1ccc(C(C)(C)C)cc1. The highest BCUT2D eigenvalue weighted by atomic mass is 15.0. The van der Waals surface area contributed by atoms with Gasteiger partial charge in [-0.2, -0.15) is 0 Å². The van der Waals surface area contributed by atoms with Gasteiger partial charge in [-0.1, -0.05) is 45.0 Å². The Morgan fingerprint density at radius 2 is 1.78 bits per heavy atom. The first kappa shape index (κ1) is 13.6. The van der Waals surface area contributed by atoms with Crippen molar-refractivity contribution in [2.45, 2.75) is 51.1 Å². The minimum atomic E-state index is 0.236. The Morgan fingerprint density at radius 3 is 2.22 bits per heavy atom. The Morgan fingerprint density at radius 1 is 1.17 bits per heavy atom. The van der Waals surface area contributed by atoms with Crippen molar-refractivity contribution in [2.75, 3.05) is 13.6 Å². The van der Waals surface area contributed by atoms with Crippen LogP contribution in [0.15, 0.2) is 24.3 Å². The van der Waals surface area contributed by atoms with E-state index in [1.54, 1.807) is 0 Å². The summed E-state index contributed by atoms with van der Waals surface area (Å²) in [6, 6.07) is 10.2. The van der Waals surface area contributed by atoms with E-state index in [1.807, 2.05) is 7.05 Å². The summed E-state index contributed by atoms with van der Waals surface area (Å²) >= 11 is 0. The van der Waals surface area contributed by atoms with Crippen molar-refractivity contribution in [2.24, 2.45) is 0 Å². The van der Waals surface area contributed by atoms with E-state index in [1.165, 1.54) is 24.0 Å². The van der Waals surface area contributed by atoms with Gasteiger partial charge in [-0.3, -0.25) is 0 Å². The monoisotopic (exact) mass is 246 g/mol. The molecular weight excluding hydrogens is 220 g/mol. The number of benzene rings is 1. The molecule has 1 unspecified atom stereocenters. The molecule has 1 aliphatic carbocycles. The first-order chi connectivity index (χ1) is 8.50. The van der Waals surface area contributed by atoms with E-state index in [0.717, 1.165) is 12.6 Å². The summed E-state index contributed by atoms with van der Waals surface area (Å²) in [5.41, 5.74) is 3.01. The predicted molar refractivity (Wildman–Crippen MR) is 78.0 cm³/mol. The molecule has 0 amide bonds. The molecule has 1 aliphatic rings. The zero-order chi connectivity index (χ0) is 13.2. The lowest BCUT2D eigenvalue weighted by molar-refractivity contribution is 0.525. The first-order valence-electron chi connectivity index (χ1n) is 7.02. The topological polar surface area (TPSA) is 24.1 Å². The lowest BCUT2D eigenvalue weighted by Crippen LogP contribution is -2.30. The highest BCUT2D eigenvalue weighted by Crippen LogP contribution is 2.24. The molecule has 0 spiro atoms. The molecule has 0 aliphatic heterocycles. The molecule has 2 rings (SSSR count). The van der Waals surface area contributed by atoms with Crippen molar-refractivity contribution in [1.82, 2.24) is 10.6 Å². The van der Waals surface area contributed by atoms with E-state index in [4.69, 9.17) is 0 Å². The molecule has 0 aromatic heterocycles. The second-order valence-corrected chi connectivity index (χ2v) is 6.40. The maximum atomic E-state index is 3.59. The van der Waals surface area contributed by atoms with Gasteiger partial charge >= 0.3 is 0 Å². The largest absolute Gasteiger partial charge is 0.312 e. The van der Waals surface area contributed by atoms with Crippen LogP contribution in [0.1, 0.15) is 50.8 Å². The third kappa shape index (κ3) is 3.56. The van der Waals surface area contributed by atoms with E-state index >= 15 is 0 Å². The molecule has 1 aromatic carbocycles. The van der Waals surface area contributed by atoms with Gasteiger partial charge in [0.05, 0.1) is 0 Å². The normalized spacial score (nSPS) is 17.8. The number of hydrogen-bond acceptors (Lipinski definition) is 2. The number of nitrogens with one attached hydrogen (secondary N) is 2. The Labute approximate surface area is 111 Å². The summed E-state index contributed by atoms with van der Waals surface area (Å²) < 4.78 is 0. The smallest absolute Gasteiger partial charge is 0.0444 e. The average Bonchev–Trinajstić information content (AvgIpc) is 3.13. The van der Waals surface area contributed by atoms with Crippen molar-refractivity contribution < 1.29 is 0 Å². The van der Waals surface area contributed by atoms with E-state index in [0.29, 0.717) is 6.04 Å². The summed E-state index contributed by atoms with van der Waals surface area (Å²) in [7, 11) is 2.04. The van der Waals surface area contributed by atoms with Crippen LogP contribution < -0.4 is 10.6 Å². The summed E-state index contributed by atoms with van der Waals surface area (Å²) in [6.45, 7) is 7.79. The molecule has 18 heavy (non-hydrogen) atoms. The molecule has 2 N–H and O–H groups in total. The zero-order valence-corrected chi connectivity index (χ0v) is 12.1. The molecule has 1 saturated carbocycles. The fraction of sp³-hybridized carbons (Fsp3) is 0.625. The molecule has 1 aromatic rings. The summed E-state index contributed by atoms with van der Waals surface area (Å²) in [4.78, 5) is 0. The molecule has 0 saturated heterocycles. The van der Waals surface area contributed by atoms with Crippen molar-refractivity contribution in [3.8, 4) is 0 Å². The maximum absolute atomic E-state index is 3.59. The van der Waals surface area contributed by atoms with E-state index in [2.05, 4.69) is 55.7 Å². The number of rotatable bonds is 5. The fourth-order valence-electron chi connectivity index (χ4n) is 2.17.